The number of benzene rings is 1. The number of hydrogen-bond acceptors (Lipinski definition) is 7. The molecule has 8 nitrogen and oxygen atoms in total. The van der Waals surface area contributed by atoms with E-state index in [2.05, 4.69) is 9.97 Å². The van der Waals surface area contributed by atoms with Gasteiger partial charge in [-0.1, -0.05) is 0 Å². The Balaban J connectivity index is 2.86. The first-order valence-electron chi connectivity index (χ1n) is 5.25. The van der Waals surface area contributed by atoms with E-state index in [9.17, 15) is 9.59 Å². The maximum Gasteiger partial charge on any atom is 0.307 e. The summed E-state index contributed by atoms with van der Waals surface area (Å²) in [4.78, 5) is 29.6. The van der Waals surface area contributed by atoms with Crippen molar-refractivity contribution in [1.82, 2.24) is 9.97 Å². The predicted molar refractivity (Wildman–Crippen MR) is 69.5 cm³/mol. The van der Waals surface area contributed by atoms with Gasteiger partial charge in [-0.15, -0.1) is 0 Å². The largest absolute Gasteiger partial charge is 0.481 e. The zero-order valence-corrected chi connectivity index (χ0v) is 9.75. The van der Waals surface area contributed by atoms with Gasteiger partial charge in [0.25, 0.3) is 0 Å². The molecule has 98 valence electrons. The van der Waals surface area contributed by atoms with Gasteiger partial charge in [-0.2, -0.15) is 4.98 Å². The van der Waals surface area contributed by atoms with Crippen molar-refractivity contribution in [1.29, 1.82) is 0 Å². The first kappa shape index (κ1) is 12.6. The van der Waals surface area contributed by atoms with Crippen molar-refractivity contribution >= 4 is 40.6 Å². The van der Waals surface area contributed by atoms with Crippen LogP contribution in [-0.2, 0) is 11.2 Å². The van der Waals surface area contributed by atoms with E-state index in [0.717, 1.165) is 0 Å². The average molecular weight is 261 g/mol. The van der Waals surface area contributed by atoms with E-state index in [-0.39, 0.29) is 40.5 Å². The summed E-state index contributed by atoms with van der Waals surface area (Å²) in [5.41, 5.74) is 17.5. The van der Waals surface area contributed by atoms with Crippen molar-refractivity contribution in [3.8, 4) is 0 Å². The molecule has 0 amide bonds. The molecule has 0 bridgehead atoms. The van der Waals surface area contributed by atoms with Crippen LogP contribution in [0.2, 0.25) is 0 Å². The first-order valence-corrected chi connectivity index (χ1v) is 5.25. The molecule has 1 aromatic heterocycles. The number of rotatable bonds is 3. The predicted octanol–water partition coefficient (Wildman–Crippen LogP) is -0.184. The smallest absolute Gasteiger partial charge is 0.307 e. The molecule has 19 heavy (non-hydrogen) atoms. The second-order valence-corrected chi connectivity index (χ2v) is 3.91. The first-order chi connectivity index (χ1) is 8.93. The normalized spacial score (nSPS) is 10.5. The minimum Gasteiger partial charge on any atom is -0.481 e. The Hall–Kier alpha value is -2.90. The summed E-state index contributed by atoms with van der Waals surface area (Å²) in [5, 5.41) is 9.16. The Morgan fingerprint density at radius 2 is 2.00 bits per heavy atom. The lowest BCUT2D eigenvalue weighted by Crippen LogP contribution is -2.09. The van der Waals surface area contributed by atoms with E-state index < -0.39 is 5.97 Å². The molecule has 0 saturated heterocycles. The number of anilines is 3. The molecule has 0 fully saturated rings. The number of carboxylic acid groups (broad SMARTS) is 1. The summed E-state index contributed by atoms with van der Waals surface area (Å²) in [5.74, 6) is -1.09. The zero-order valence-electron chi connectivity index (χ0n) is 9.75. The molecule has 0 radical (unpaired) electrons. The second kappa shape index (κ2) is 4.41. The van der Waals surface area contributed by atoms with Crippen LogP contribution in [0.5, 0.6) is 0 Å². The minimum absolute atomic E-state index is 0.0578. The fraction of sp³-hybridized carbons (Fsp3) is 0.0909. The molecule has 0 aliphatic carbocycles. The van der Waals surface area contributed by atoms with Gasteiger partial charge in [-0.3, -0.25) is 9.59 Å². The molecule has 0 atom stereocenters. The van der Waals surface area contributed by atoms with E-state index in [0.29, 0.717) is 11.7 Å². The lowest BCUT2D eigenvalue weighted by atomic mass is 10.0. The summed E-state index contributed by atoms with van der Waals surface area (Å²) in [6.07, 6.45) is 0.168. The summed E-state index contributed by atoms with van der Waals surface area (Å²) in [6, 6.07) is 1.46. The maximum atomic E-state index is 11.1. The monoisotopic (exact) mass is 261 g/mol. The number of fused-ring (bicyclic) bond motifs is 1. The van der Waals surface area contributed by atoms with Crippen LogP contribution in [0.25, 0.3) is 10.9 Å². The van der Waals surface area contributed by atoms with Crippen LogP contribution in [0.4, 0.5) is 17.5 Å². The molecule has 8 heteroatoms. The summed E-state index contributed by atoms with van der Waals surface area (Å²) >= 11 is 0. The van der Waals surface area contributed by atoms with Crippen LogP contribution >= 0.6 is 0 Å². The van der Waals surface area contributed by atoms with Gasteiger partial charge in [0.15, 0.2) is 6.29 Å². The number of aromatic nitrogens is 2. The molecule has 0 saturated carbocycles. The number of nitrogen functional groups attached to an aromatic ring is 3. The number of carbonyl (C=O) groups excluding carboxylic acids is 1. The highest BCUT2D eigenvalue weighted by Gasteiger charge is 2.16. The van der Waals surface area contributed by atoms with Crippen LogP contribution < -0.4 is 17.2 Å². The highest BCUT2D eigenvalue weighted by molar-refractivity contribution is 6.05. The highest BCUT2D eigenvalue weighted by atomic mass is 16.4. The quantitative estimate of drug-likeness (QED) is 0.437. The molecule has 1 aromatic carbocycles. The van der Waals surface area contributed by atoms with Crippen LogP contribution in [-0.4, -0.2) is 27.3 Å². The highest BCUT2D eigenvalue weighted by Crippen LogP contribution is 2.29. The van der Waals surface area contributed by atoms with Crippen molar-refractivity contribution in [2.45, 2.75) is 6.42 Å². The standard InChI is InChI=1S/C11H11N5O3/c12-8-4(2-7(18)19)1-5-9(6(8)3-17)15-11(14)16-10(5)13/h1,3H,2,12H2,(H,18,19)(H4,13,14,15,16). The molecule has 0 spiro atoms. The van der Waals surface area contributed by atoms with Crippen molar-refractivity contribution in [2.24, 2.45) is 0 Å². The molecule has 7 N–H and O–H groups in total. The zero-order chi connectivity index (χ0) is 14.2. The van der Waals surface area contributed by atoms with Crippen molar-refractivity contribution < 1.29 is 14.7 Å². The SMILES string of the molecule is Nc1nc(N)c2cc(CC(=O)O)c(N)c(C=O)c2n1. The molecule has 1 heterocycles. The molecule has 2 rings (SSSR count). The van der Waals surface area contributed by atoms with Gasteiger partial charge in [0.1, 0.15) is 5.82 Å². The topological polar surface area (TPSA) is 158 Å². The lowest BCUT2D eigenvalue weighted by molar-refractivity contribution is -0.136. The number of aliphatic carboxylic acids is 1. The fourth-order valence-electron chi connectivity index (χ4n) is 1.83. The molecule has 0 aliphatic heterocycles. The number of hydrogen-bond donors (Lipinski definition) is 4. The third-order valence-electron chi connectivity index (χ3n) is 2.66. The number of aldehydes is 1. The third kappa shape index (κ3) is 2.10. The Kier molecular flexibility index (Phi) is 2.91. The van der Waals surface area contributed by atoms with Crippen molar-refractivity contribution in [2.75, 3.05) is 17.2 Å². The van der Waals surface area contributed by atoms with E-state index in [1.807, 2.05) is 0 Å². The van der Waals surface area contributed by atoms with Gasteiger partial charge in [0.2, 0.25) is 5.95 Å². The number of nitrogens with zero attached hydrogens (tertiary/aromatic N) is 2. The fourth-order valence-corrected chi connectivity index (χ4v) is 1.83. The van der Waals surface area contributed by atoms with Crippen LogP contribution in [0.15, 0.2) is 6.07 Å². The van der Waals surface area contributed by atoms with E-state index in [4.69, 9.17) is 22.3 Å². The maximum absolute atomic E-state index is 11.1. The lowest BCUT2D eigenvalue weighted by Gasteiger charge is -2.11. The minimum atomic E-state index is -1.07. The second-order valence-electron chi connectivity index (χ2n) is 3.91. The molecular weight excluding hydrogens is 250 g/mol. The Morgan fingerprint density at radius 3 is 2.58 bits per heavy atom. The molecule has 2 aromatic rings. The third-order valence-corrected chi connectivity index (χ3v) is 2.66. The van der Waals surface area contributed by atoms with Crippen molar-refractivity contribution in [3.63, 3.8) is 0 Å². The van der Waals surface area contributed by atoms with Gasteiger partial charge in [-0.25, -0.2) is 4.98 Å². The Labute approximate surface area is 107 Å². The number of nitrogens with two attached hydrogens (primary N) is 3. The molecule has 0 aliphatic rings. The Bertz CT molecular complexity index is 699. The molecule has 0 unspecified atom stereocenters. The summed E-state index contributed by atoms with van der Waals surface area (Å²) in [6.45, 7) is 0. The van der Waals surface area contributed by atoms with Gasteiger partial charge < -0.3 is 22.3 Å². The summed E-state index contributed by atoms with van der Waals surface area (Å²) in [7, 11) is 0. The number of carboxylic acids is 1. The van der Waals surface area contributed by atoms with E-state index >= 15 is 0 Å². The van der Waals surface area contributed by atoms with E-state index in [1.54, 1.807) is 0 Å². The van der Waals surface area contributed by atoms with Crippen LogP contribution in [0.3, 0.4) is 0 Å². The average Bonchev–Trinajstić information content (AvgIpc) is 2.31. The number of carbonyl (C=O) groups is 2. The van der Waals surface area contributed by atoms with Gasteiger partial charge in [0.05, 0.1) is 17.5 Å². The van der Waals surface area contributed by atoms with Crippen LogP contribution in [0, 0.1) is 0 Å². The summed E-state index contributed by atoms with van der Waals surface area (Å²) < 4.78 is 0. The van der Waals surface area contributed by atoms with Gasteiger partial charge in [-0.05, 0) is 11.6 Å². The van der Waals surface area contributed by atoms with Gasteiger partial charge in [0, 0.05) is 11.1 Å². The van der Waals surface area contributed by atoms with Crippen LogP contribution in [0.1, 0.15) is 15.9 Å². The van der Waals surface area contributed by atoms with E-state index in [1.165, 1.54) is 6.07 Å². The Morgan fingerprint density at radius 1 is 1.32 bits per heavy atom. The van der Waals surface area contributed by atoms with Crippen molar-refractivity contribution in [3.05, 3.63) is 17.2 Å². The molecular formula is C11H11N5O3. The van der Waals surface area contributed by atoms with Gasteiger partial charge >= 0.3 is 5.97 Å².